The number of carbonyl (C=O) groups excluding carboxylic acids is 2. The summed E-state index contributed by atoms with van der Waals surface area (Å²) in [6, 6.07) is 6.20. The van der Waals surface area contributed by atoms with Gasteiger partial charge in [0.15, 0.2) is 6.10 Å². The molecule has 1 aromatic heterocycles. The Morgan fingerprint density at radius 1 is 1.38 bits per heavy atom. The first-order chi connectivity index (χ1) is 11.4. The van der Waals surface area contributed by atoms with E-state index < -0.39 is 23.8 Å². The molecule has 0 aliphatic heterocycles. The van der Waals surface area contributed by atoms with Crippen LogP contribution in [-0.2, 0) is 14.3 Å². The average Bonchev–Trinajstić information content (AvgIpc) is 2.93. The van der Waals surface area contributed by atoms with Gasteiger partial charge in [-0.1, -0.05) is 15.9 Å². The molecule has 1 aromatic carbocycles. The summed E-state index contributed by atoms with van der Waals surface area (Å²) in [6.07, 6.45) is 1.86. The molecule has 0 saturated carbocycles. The minimum atomic E-state index is -1.05. The van der Waals surface area contributed by atoms with Crippen molar-refractivity contribution in [2.24, 2.45) is 0 Å². The normalized spacial score (nSPS) is 12.2. The zero-order chi connectivity index (χ0) is 17.7. The third-order valence-electron chi connectivity index (χ3n) is 3.12. The maximum atomic E-state index is 13.7. The molecule has 0 spiro atoms. The van der Waals surface area contributed by atoms with Crippen molar-refractivity contribution in [3.05, 3.63) is 56.5 Å². The second-order valence-corrected chi connectivity index (χ2v) is 6.86. The minimum Gasteiger partial charge on any atom is -0.449 e. The van der Waals surface area contributed by atoms with Crippen molar-refractivity contribution in [2.45, 2.75) is 20.0 Å². The van der Waals surface area contributed by atoms with Crippen LogP contribution in [0.5, 0.6) is 0 Å². The Hall–Kier alpha value is -1.99. The lowest BCUT2D eigenvalue weighted by molar-refractivity contribution is -0.148. The highest BCUT2D eigenvalue weighted by Crippen LogP contribution is 2.20. The van der Waals surface area contributed by atoms with Crippen molar-refractivity contribution < 1.29 is 18.7 Å². The van der Waals surface area contributed by atoms with Crippen molar-refractivity contribution in [1.82, 2.24) is 0 Å². The van der Waals surface area contributed by atoms with Gasteiger partial charge in [-0.2, -0.15) is 0 Å². The highest BCUT2D eigenvalue weighted by Gasteiger charge is 2.18. The summed E-state index contributed by atoms with van der Waals surface area (Å²) >= 11 is 4.64. The molecule has 0 saturated heterocycles. The first-order valence-electron chi connectivity index (χ1n) is 7.05. The van der Waals surface area contributed by atoms with Crippen LogP contribution < -0.4 is 5.32 Å². The molecule has 4 nitrogen and oxygen atoms in total. The number of ether oxygens (including phenoxy) is 1. The highest BCUT2D eigenvalue weighted by atomic mass is 79.9. The van der Waals surface area contributed by atoms with Crippen LogP contribution in [0.15, 0.2) is 40.2 Å². The largest absolute Gasteiger partial charge is 0.449 e. The van der Waals surface area contributed by atoms with Gasteiger partial charge in [0.05, 0.1) is 5.69 Å². The Balaban J connectivity index is 1.92. The molecule has 0 aliphatic carbocycles. The third-order valence-corrected chi connectivity index (χ3v) is 4.60. The number of hydrogen-bond acceptors (Lipinski definition) is 4. The molecule has 0 fully saturated rings. The van der Waals surface area contributed by atoms with E-state index in [9.17, 15) is 14.0 Å². The number of amides is 1. The first-order valence-corrected chi connectivity index (χ1v) is 8.73. The summed E-state index contributed by atoms with van der Waals surface area (Å²) < 4.78 is 19.3. The van der Waals surface area contributed by atoms with Crippen LogP contribution in [0.25, 0.3) is 6.08 Å². The third kappa shape index (κ3) is 5.01. The molecule has 0 bridgehead atoms. The molecule has 1 amide bonds. The number of halogens is 2. The van der Waals surface area contributed by atoms with Gasteiger partial charge in [-0.25, -0.2) is 9.18 Å². The Morgan fingerprint density at radius 2 is 2.12 bits per heavy atom. The molecule has 2 aromatic rings. The van der Waals surface area contributed by atoms with Crippen LogP contribution in [-0.4, -0.2) is 18.0 Å². The van der Waals surface area contributed by atoms with Crippen molar-refractivity contribution in [3.63, 3.8) is 0 Å². The van der Waals surface area contributed by atoms with Gasteiger partial charge in [-0.3, -0.25) is 4.79 Å². The van der Waals surface area contributed by atoms with E-state index in [1.54, 1.807) is 12.1 Å². The molecule has 0 radical (unpaired) electrons. The van der Waals surface area contributed by atoms with Crippen LogP contribution in [0, 0.1) is 12.7 Å². The van der Waals surface area contributed by atoms with Crippen molar-refractivity contribution >= 4 is 50.9 Å². The van der Waals surface area contributed by atoms with Gasteiger partial charge < -0.3 is 10.1 Å². The standard InChI is InChI=1S/C17H15BrFNO3S/c1-10-7-8-24-15(10)5-6-16(21)23-11(2)17(22)20-14-4-3-12(18)9-13(14)19/h3-9,11H,1-2H3,(H,20,22)/b6-5+/t11-/m1/s1. The Morgan fingerprint density at radius 3 is 2.75 bits per heavy atom. The van der Waals surface area contributed by atoms with Gasteiger partial charge in [0.25, 0.3) is 5.91 Å². The summed E-state index contributed by atoms with van der Waals surface area (Å²) in [6.45, 7) is 3.36. The summed E-state index contributed by atoms with van der Waals surface area (Å²) in [7, 11) is 0. The molecule has 1 heterocycles. The molecule has 1 atom stereocenters. The molecular formula is C17H15BrFNO3S. The fourth-order valence-electron chi connectivity index (χ4n) is 1.79. The molecule has 1 N–H and O–H groups in total. The van der Waals surface area contributed by atoms with Crippen molar-refractivity contribution in [1.29, 1.82) is 0 Å². The van der Waals surface area contributed by atoms with Crippen molar-refractivity contribution in [2.75, 3.05) is 5.32 Å². The topological polar surface area (TPSA) is 55.4 Å². The van der Waals surface area contributed by atoms with E-state index in [0.29, 0.717) is 4.47 Å². The number of rotatable bonds is 5. The maximum Gasteiger partial charge on any atom is 0.331 e. The minimum absolute atomic E-state index is 0.0239. The maximum absolute atomic E-state index is 13.7. The molecule has 2 rings (SSSR count). The zero-order valence-electron chi connectivity index (χ0n) is 13.0. The predicted octanol–water partition coefficient (Wildman–Crippen LogP) is 4.54. The highest BCUT2D eigenvalue weighted by molar-refractivity contribution is 9.10. The van der Waals surface area contributed by atoms with E-state index in [0.717, 1.165) is 10.4 Å². The van der Waals surface area contributed by atoms with Gasteiger partial charge >= 0.3 is 5.97 Å². The Kier molecular flexibility index (Phi) is 6.28. The molecule has 0 aliphatic rings. The Bertz CT molecular complexity index is 788. The van der Waals surface area contributed by atoms with Gasteiger partial charge in [-0.15, -0.1) is 11.3 Å². The van der Waals surface area contributed by atoms with E-state index >= 15 is 0 Å². The first kappa shape index (κ1) is 18.4. The second kappa shape index (κ2) is 8.21. The van der Waals surface area contributed by atoms with Gasteiger partial charge in [0.1, 0.15) is 5.82 Å². The number of benzene rings is 1. The fraction of sp³-hybridized carbons (Fsp3) is 0.176. The van der Waals surface area contributed by atoms with E-state index in [-0.39, 0.29) is 5.69 Å². The van der Waals surface area contributed by atoms with Crippen LogP contribution in [0.3, 0.4) is 0 Å². The number of esters is 1. The lowest BCUT2D eigenvalue weighted by atomic mass is 10.2. The Labute approximate surface area is 151 Å². The van der Waals surface area contributed by atoms with E-state index in [1.807, 2.05) is 18.4 Å². The summed E-state index contributed by atoms with van der Waals surface area (Å²) in [5.74, 6) is -1.82. The van der Waals surface area contributed by atoms with E-state index in [1.165, 1.54) is 36.5 Å². The van der Waals surface area contributed by atoms with Gasteiger partial charge in [-0.05, 0) is 55.1 Å². The van der Waals surface area contributed by atoms with Crippen LogP contribution in [0.4, 0.5) is 10.1 Å². The monoisotopic (exact) mass is 411 g/mol. The predicted molar refractivity (Wildman–Crippen MR) is 96.4 cm³/mol. The SMILES string of the molecule is Cc1ccsc1/C=C/C(=O)O[C@H](C)C(=O)Nc1ccc(Br)cc1F. The number of hydrogen-bond donors (Lipinski definition) is 1. The molecular weight excluding hydrogens is 397 g/mol. The average molecular weight is 412 g/mol. The molecule has 126 valence electrons. The molecule has 24 heavy (non-hydrogen) atoms. The zero-order valence-corrected chi connectivity index (χ0v) is 15.4. The van der Waals surface area contributed by atoms with Gasteiger partial charge in [0.2, 0.25) is 0 Å². The summed E-state index contributed by atoms with van der Waals surface area (Å²) in [4.78, 5) is 24.7. The quantitative estimate of drug-likeness (QED) is 0.580. The lowest BCUT2D eigenvalue weighted by Crippen LogP contribution is -2.29. The van der Waals surface area contributed by atoms with Crippen molar-refractivity contribution in [3.8, 4) is 0 Å². The van der Waals surface area contributed by atoms with Crippen LogP contribution >= 0.6 is 27.3 Å². The molecule has 0 unspecified atom stereocenters. The van der Waals surface area contributed by atoms with E-state index in [4.69, 9.17) is 4.74 Å². The van der Waals surface area contributed by atoms with Crippen LogP contribution in [0.2, 0.25) is 0 Å². The van der Waals surface area contributed by atoms with Gasteiger partial charge in [0, 0.05) is 15.4 Å². The summed E-state index contributed by atoms with van der Waals surface area (Å²) in [5, 5.41) is 4.31. The number of anilines is 1. The molecule has 7 heteroatoms. The smallest absolute Gasteiger partial charge is 0.331 e. The number of thiophene rings is 1. The number of carbonyl (C=O) groups is 2. The lowest BCUT2D eigenvalue weighted by Gasteiger charge is -2.13. The van der Waals surface area contributed by atoms with E-state index in [2.05, 4.69) is 21.2 Å². The number of nitrogens with one attached hydrogen (secondary N) is 1. The van der Waals surface area contributed by atoms with Crippen LogP contribution in [0.1, 0.15) is 17.4 Å². The number of aryl methyl sites for hydroxylation is 1. The second-order valence-electron chi connectivity index (χ2n) is 4.99. The fourth-order valence-corrected chi connectivity index (χ4v) is 2.94. The summed E-state index contributed by atoms with van der Waals surface area (Å²) in [5.41, 5.74) is 1.08.